The van der Waals surface area contributed by atoms with Gasteiger partial charge in [-0.2, -0.15) is 13.2 Å². The van der Waals surface area contributed by atoms with Crippen LogP contribution in [0.4, 0.5) is 13.2 Å². The second-order valence-electron chi connectivity index (χ2n) is 4.03. The number of aryl methyl sites for hydroxylation is 1. The van der Waals surface area contributed by atoms with Crippen LogP contribution in [0.2, 0.25) is 0 Å². The molecular weight excluding hydrogens is 321 g/mol. The van der Waals surface area contributed by atoms with E-state index in [4.69, 9.17) is 4.74 Å². The molecule has 0 aliphatic rings. The van der Waals surface area contributed by atoms with Crippen molar-refractivity contribution in [3.8, 4) is 11.5 Å². The largest absolute Gasteiger partial charge is 0.457 e. The lowest BCUT2D eigenvalue weighted by atomic mass is 10.2. The van der Waals surface area contributed by atoms with Gasteiger partial charge in [-0.15, -0.1) is 0 Å². The number of hydrogen-bond donors (Lipinski definition) is 0. The monoisotopic (exact) mass is 330 g/mol. The third-order valence-electron chi connectivity index (χ3n) is 2.48. The molecule has 0 saturated carbocycles. The molecule has 0 atom stereocenters. The molecule has 100 valence electrons. The molecular formula is C14H10BrF3O. The predicted molar refractivity (Wildman–Crippen MR) is 70.4 cm³/mol. The summed E-state index contributed by atoms with van der Waals surface area (Å²) in [7, 11) is 0. The minimum absolute atomic E-state index is 0.0369. The smallest absolute Gasteiger partial charge is 0.421 e. The number of rotatable bonds is 2. The maximum atomic E-state index is 13.0. The van der Waals surface area contributed by atoms with Crippen molar-refractivity contribution in [1.29, 1.82) is 0 Å². The minimum Gasteiger partial charge on any atom is -0.457 e. The number of halogens is 4. The van der Waals surface area contributed by atoms with E-state index in [1.165, 1.54) is 18.2 Å². The van der Waals surface area contributed by atoms with Gasteiger partial charge in [0.1, 0.15) is 17.1 Å². The fourth-order valence-electron chi connectivity index (χ4n) is 1.67. The molecule has 0 heterocycles. The molecule has 0 aromatic heterocycles. The fraction of sp³-hybridized carbons (Fsp3) is 0.143. The average Bonchev–Trinajstić information content (AvgIpc) is 2.27. The Kier molecular flexibility index (Phi) is 3.85. The lowest BCUT2D eigenvalue weighted by molar-refractivity contribution is -0.139. The lowest BCUT2D eigenvalue weighted by Crippen LogP contribution is -2.08. The van der Waals surface area contributed by atoms with Crippen molar-refractivity contribution < 1.29 is 17.9 Å². The Morgan fingerprint density at radius 3 is 2.37 bits per heavy atom. The molecule has 0 fully saturated rings. The maximum Gasteiger partial charge on any atom is 0.421 e. The first-order chi connectivity index (χ1) is 8.88. The average molecular weight is 331 g/mol. The summed E-state index contributed by atoms with van der Waals surface area (Å²) >= 11 is 2.91. The van der Waals surface area contributed by atoms with Gasteiger partial charge in [0.15, 0.2) is 0 Å². The van der Waals surface area contributed by atoms with E-state index in [1.807, 2.05) is 13.0 Å². The molecule has 0 N–H and O–H groups in total. The first-order valence-electron chi connectivity index (χ1n) is 5.48. The van der Waals surface area contributed by atoms with Gasteiger partial charge >= 0.3 is 6.18 Å². The summed E-state index contributed by atoms with van der Waals surface area (Å²) in [4.78, 5) is 0. The van der Waals surface area contributed by atoms with E-state index in [1.54, 1.807) is 18.2 Å². The first kappa shape index (κ1) is 13.9. The molecule has 2 aromatic rings. The number of benzene rings is 2. The Morgan fingerprint density at radius 1 is 1.05 bits per heavy atom. The zero-order chi connectivity index (χ0) is 14.0. The minimum atomic E-state index is -4.47. The lowest BCUT2D eigenvalue weighted by Gasteiger charge is -2.15. The van der Waals surface area contributed by atoms with E-state index < -0.39 is 11.7 Å². The molecule has 0 aliphatic heterocycles. The maximum absolute atomic E-state index is 13.0. The van der Waals surface area contributed by atoms with Gasteiger partial charge < -0.3 is 4.74 Å². The van der Waals surface area contributed by atoms with Crippen molar-refractivity contribution >= 4 is 15.9 Å². The molecule has 19 heavy (non-hydrogen) atoms. The van der Waals surface area contributed by atoms with E-state index in [9.17, 15) is 13.2 Å². The summed E-state index contributed by atoms with van der Waals surface area (Å²) in [6, 6.07) is 11.0. The van der Waals surface area contributed by atoms with Crippen LogP contribution in [0.1, 0.15) is 11.1 Å². The molecule has 1 nitrogen and oxygen atoms in total. The van der Waals surface area contributed by atoms with Gasteiger partial charge in [-0.25, -0.2) is 0 Å². The zero-order valence-corrected chi connectivity index (χ0v) is 11.5. The third kappa shape index (κ3) is 3.29. The van der Waals surface area contributed by atoms with Gasteiger partial charge in [-0.05, 0) is 36.8 Å². The van der Waals surface area contributed by atoms with Gasteiger partial charge in [0.25, 0.3) is 0 Å². The normalized spacial score (nSPS) is 11.4. The summed E-state index contributed by atoms with van der Waals surface area (Å²) in [5, 5.41) is 0. The van der Waals surface area contributed by atoms with Crippen molar-refractivity contribution in [2.75, 3.05) is 0 Å². The Bertz CT molecular complexity index is 593. The third-order valence-corrected chi connectivity index (χ3v) is 3.14. The summed E-state index contributed by atoms with van der Waals surface area (Å²) < 4.78 is 44.3. The molecule has 0 radical (unpaired) electrons. The van der Waals surface area contributed by atoms with Gasteiger partial charge in [0, 0.05) is 4.47 Å². The van der Waals surface area contributed by atoms with Crippen molar-refractivity contribution in [3.63, 3.8) is 0 Å². The molecule has 2 rings (SSSR count). The number of ether oxygens (including phenoxy) is 1. The highest BCUT2D eigenvalue weighted by molar-refractivity contribution is 9.10. The molecule has 0 unspecified atom stereocenters. The van der Waals surface area contributed by atoms with E-state index in [2.05, 4.69) is 15.9 Å². The molecule has 0 bridgehead atoms. The molecule has 2 aromatic carbocycles. The molecule has 0 amide bonds. The molecule has 5 heteroatoms. The van der Waals surface area contributed by atoms with E-state index >= 15 is 0 Å². The molecule has 0 spiro atoms. The van der Waals surface area contributed by atoms with Crippen LogP contribution in [-0.2, 0) is 6.18 Å². The second kappa shape index (κ2) is 5.25. The molecule has 0 saturated heterocycles. The SMILES string of the molecule is Cc1cccc(Oc2cccc(Br)c2C(F)(F)F)c1. The van der Waals surface area contributed by atoms with Crippen LogP contribution in [-0.4, -0.2) is 0 Å². The first-order valence-corrected chi connectivity index (χ1v) is 6.27. The van der Waals surface area contributed by atoms with Crippen LogP contribution in [0.3, 0.4) is 0 Å². The van der Waals surface area contributed by atoms with Gasteiger partial charge in [0.2, 0.25) is 0 Å². The summed E-state index contributed by atoms with van der Waals surface area (Å²) in [6.45, 7) is 1.85. The highest BCUT2D eigenvalue weighted by atomic mass is 79.9. The molecule has 0 aliphatic carbocycles. The predicted octanol–water partition coefficient (Wildman–Crippen LogP) is 5.57. The number of hydrogen-bond acceptors (Lipinski definition) is 1. The Balaban J connectivity index is 2.43. The van der Waals surface area contributed by atoms with E-state index in [0.717, 1.165) is 5.56 Å². The van der Waals surface area contributed by atoms with Crippen molar-refractivity contribution in [2.45, 2.75) is 13.1 Å². The summed E-state index contributed by atoms with van der Waals surface area (Å²) in [6.07, 6.45) is -4.47. The fourth-order valence-corrected chi connectivity index (χ4v) is 2.24. The van der Waals surface area contributed by atoms with Gasteiger partial charge in [-0.3, -0.25) is 0 Å². The van der Waals surface area contributed by atoms with Crippen LogP contribution < -0.4 is 4.74 Å². The standard InChI is InChI=1S/C14H10BrF3O/c1-9-4-2-5-10(8-9)19-12-7-3-6-11(15)13(12)14(16,17)18/h2-8H,1H3. The van der Waals surface area contributed by atoms with Crippen molar-refractivity contribution in [2.24, 2.45) is 0 Å². The van der Waals surface area contributed by atoms with E-state index in [0.29, 0.717) is 5.75 Å². The highest BCUT2D eigenvalue weighted by Gasteiger charge is 2.36. The van der Waals surface area contributed by atoms with Crippen LogP contribution in [0.5, 0.6) is 11.5 Å². The summed E-state index contributed by atoms with van der Waals surface area (Å²) in [5.74, 6) is 0.163. The Morgan fingerprint density at radius 2 is 1.74 bits per heavy atom. The Hall–Kier alpha value is -1.49. The van der Waals surface area contributed by atoms with Crippen LogP contribution in [0, 0.1) is 6.92 Å². The second-order valence-corrected chi connectivity index (χ2v) is 4.88. The van der Waals surface area contributed by atoms with Crippen molar-refractivity contribution in [3.05, 3.63) is 58.1 Å². The zero-order valence-electron chi connectivity index (χ0n) is 9.96. The van der Waals surface area contributed by atoms with Crippen LogP contribution >= 0.6 is 15.9 Å². The summed E-state index contributed by atoms with van der Waals surface area (Å²) in [5.41, 5.74) is 0.109. The van der Waals surface area contributed by atoms with E-state index in [-0.39, 0.29) is 10.2 Å². The van der Waals surface area contributed by atoms with Crippen LogP contribution in [0.15, 0.2) is 46.9 Å². The van der Waals surface area contributed by atoms with Crippen molar-refractivity contribution in [1.82, 2.24) is 0 Å². The van der Waals surface area contributed by atoms with Gasteiger partial charge in [-0.1, -0.05) is 34.1 Å². The highest BCUT2D eigenvalue weighted by Crippen LogP contribution is 2.42. The quantitative estimate of drug-likeness (QED) is 0.699. The topological polar surface area (TPSA) is 9.23 Å². The van der Waals surface area contributed by atoms with Gasteiger partial charge in [0.05, 0.1) is 0 Å². The van der Waals surface area contributed by atoms with Crippen LogP contribution in [0.25, 0.3) is 0 Å². The number of alkyl halides is 3. The Labute approximate surface area is 117 Å².